The van der Waals surface area contributed by atoms with E-state index in [9.17, 15) is 0 Å². The number of pyridine rings is 1. The minimum atomic E-state index is 0.441. The summed E-state index contributed by atoms with van der Waals surface area (Å²) in [4.78, 5) is 14.4. The van der Waals surface area contributed by atoms with Gasteiger partial charge in [-0.15, -0.1) is 0 Å². The molecule has 0 radical (unpaired) electrons. The summed E-state index contributed by atoms with van der Waals surface area (Å²) in [5.41, 5.74) is 1.07. The molecule has 0 spiro atoms. The van der Waals surface area contributed by atoms with Gasteiger partial charge in [0.15, 0.2) is 0 Å². The summed E-state index contributed by atoms with van der Waals surface area (Å²) in [6.07, 6.45) is 7.20. The number of hydrogen-bond donors (Lipinski definition) is 0. The van der Waals surface area contributed by atoms with Crippen molar-refractivity contribution in [3.05, 3.63) is 47.1 Å². The highest BCUT2D eigenvalue weighted by Gasteiger charge is 2.12. The van der Waals surface area contributed by atoms with Gasteiger partial charge in [0.25, 0.3) is 0 Å². The third-order valence-corrected chi connectivity index (χ3v) is 3.10. The van der Waals surface area contributed by atoms with Gasteiger partial charge in [-0.2, -0.15) is 5.26 Å². The Kier molecular flexibility index (Phi) is 4.81. The van der Waals surface area contributed by atoms with Gasteiger partial charge >= 0.3 is 0 Å². The monoisotopic (exact) mass is 317 g/mol. The standard InChI is InChI=1S/C13H12BrN5/c14-12-8-17-10-18-13(12)19(6-2-4-15)9-11-3-1-5-16-7-11/h1,3,5,7-8,10H,2,6,9H2. The van der Waals surface area contributed by atoms with Gasteiger partial charge in [0.2, 0.25) is 0 Å². The Morgan fingerprint density at radius 1 is 1.32 bits per heavy atom. The van der Waals surface area contributed by atoms with E-state index < -0.39 is 0 Å². The van der Waals surface area contributed by atoms with E-state index in [1.165, 1.54) is 6.33 Å². The smallest absolute Gasteiger partial charge is 0.146 e. The van der Waals surface area contributed by atoms with Crippen LogP contribution in [0.4, 0.5) is 5.82 Å². The van der Waals surface area contributed by atoms with Crippen LogP contribution in [0, 0.1) is 11.3 Å². The Morgan fingerprint density at radius 2 is 2.21 bits per heavy atom. The molecule has 0 bridgehead atoms. The van der Waals surface area contributed by atoms with Crippen LogP contribution in [-0.2, 0) is 6.54 Å². The summed E-state index contributed by atoms with van der Waals surface area (Å²) in [7, 11) is 0. The van der Waals surface area contributed by atoms with Crippen LogP contribution in [0.1, 0.15) is 12.0 Å². The van der Waals surface area contributed by atoms with Crippen LogP contribution in [0.2, 0.25) is 0 Å². The molecule has 0 aliphatic rings. The second-order valence-electron chi connectivity index (χ2n) is 3.89. The molecule has 2 aromatic heterocycles. The van der Waals surface area contributed by atoms with E-state index in [1.807, 2.05) is 23.2 Å². The van der Waals surface area contributed by atoms with Gasteiger partial charge in [-0.25, -0.2) is 9.97 Å². The van der Waals surface area contributed by atoms with Crippen LogP contribution in [-0.4, -0.2) is 21.5 Å². The van der Waals surface area contributed by atoms with Gasteiger partial charge in [0.05, 0.1) is 17.0 Å². The average molecular weight is 318 g/mol. The van der Waals surface area contributed by atoms with Crippen molar-refractivity contribution in [2.75, 3.05) is 11.4 Å². The van der Waals surface area contributed by atoms with E-state index >= 15 is 0 Å². The van der Waals surface area contributed by atoms with Crippen molar-refractivity contribution >= 4 is 21.7 Å². The SMILES string of the molecule is N#CCCN(Cc1cccnc1)c1ncncc1Br. The number of halogens is 1. The van der Waals surface area contributed by atoms with Crippen LogP contribution in [0.15, 0.2) is 41.5 Å². The molecule has 2 aromatic rings. The minimum Gasteiger partial charge on any atom is -0.350 e. The first-order valence-corrected chi connectivity index (χ1v) is 6.57. The second-order valence-corrected chi connectivity index (χ2v) is 4.74. The van der Waals surface area contributed by atoms with Gasteiger partial charge < -0.3 is 4.90 Å². The summed E-state index contributed by atoms with van der Waals surface area (Å²) in [5, 5.41) is 8.76. The van der Waals surface area contributed by atoms with Crippen molar-refractivity contribution < 1.29 is 0 Å². The number of anilines is 1. The number of rotatable bonds is 5. The molecule has 96 valence electrons. The predicted molar refractivity (Wildman–Crippen MR) is 75.2 cm³/mol. The first kappa shape index (κ1) is 13.4. The van der Waals surface area contributed by atoms with Crippen molar-refractivity contribution in [1.82, 2.24) is 15.0 Å². The Labute approximate surface area is 120 Å². The van der Waals surface area contributed by atoms with Crippen LogP contribution in [0.5, 0.6) is 0 Å². The van der Waals surface area contributed by atoms with Crippen LogP contribution >= 0.6 is 15.9 Å². The van der Waals surface area contributed by atoms with E-state index in [0.717, 1.165) is 15.9 Å². The van der Waals surface area contributed by atoms with Crippen LogP contribution in [0.3, 0.4) is 0 Å². The minimum absolute atomic E-state index is 0.441. The van der Waals surface area contributed by atoms with Gasteiger partial charge in [-0.05, 0) is 27.6 Å². The molecular formula is C13H12BrN5. The van der Waals surface area contributed by atoms with Crippen molar-refractivity contribution in [3.63, 3.8) is 0 Å². The maximum atomic E-state index is 8.76. The first-order valence-electron chi connectivity index (χ1n) is 5.77. The zero-order valence-electron chi connectivity index (χ0n) is 10.2. The lowest BCUT2D eigenvalue weighted by Gasteiger charge is -2.23. The molecule has 0 unspecified atom stereocenters. The largest absolute Gasteiger partial charge is 0.350 e. The molecule has 2 heterocycles. The average Bonchev–Trinajstić information content (AvgIpc) is 2.45. The Bertz CT molecular complexity index is 567. The van der Waals surface area contributed by atoms with E-state index in [-0.39, 0.29) is 0 Å². The molecule has 0 saturated carbocycles. The molecule has 0 fully saturated rings. The molecule has 2 rings (SSSR count). The molecule has 0 aromatic carbocycles. The second kappa shape index (κ2) is 6.81. The molecule has 5 nitrogen and oxygen atoms in total. The maximum absolute atomic E-state index is 8.76. The number of hydrogen-bond acceptors (Lipinski definition) is 5. The highest BCUT2D eigenvalue weighted by molar-refractivity contribution is 9.10. The Morgan fingerprint density at radius 3 is 2.89 bits per heavy atom. The number of aromatic nitrogens is 3. The third-order valence-electron chi connectivity index (χ3n) is 2.54. The van der Waals surface area contributed by atoms with E-state index in [1.54, 1.807) is 12.4 Å². The van der Waals surface area contributed by atoms with E-state index in [0.29, 0.717) is 19.5 Å². The third kappa shape index (κ3) is 3.73. The Balaban J connectivity index is 2.22. The molecule has 0 atom stereocenters. The molecule has 0 amide bonds. The highest BCUT2D eigenvalue weighted by Crippen LogP contribution is 2.23. The van der Waals surface area contributed by atoms with Crippen molar-refractivity contribution in [2.24, 2.45) is 0 Å². The summed E-state index contributed by atoms with van der Waals surface area (Å²) < 4.78 is 0.817. The number of nitriles is 1. The number of nitrogens with zero attached hydrogens (tertiary/aromatic N) is 5. The van der Waals surface area contributed by atoms with Crippen LogP contribution < -0.4 is 4.90 Å². The van der Waals surface area contributed by atoms with Gasteiger partial charge in [0, 0.05) is 31.7 Å². The zero-order chi connectivity index (χ0) is 13.5. The lowest BCUT2D eigenvalue weighted by atomic mass is 10.2. The molecule has 0 aliphatic carbocycles. The lowest BCUT2D eigenvalue weighted by Crippen LogP contribution is -2.25. The van der Waals surface area contributed by atoms with Gasteiger partial charge in [-0.3, -0.25) is 4.98 Å². The summed E-state index contributed by atoms with van der Waals surface area (Å²) in [6.45, 7) is 1.27. The van der Waals surface area contributed by atoms with E-state index in [2.05, 4.69) is 37.0 Å². The fourth-order valence-electron chi connectivity index (χ4n) is 1.70. The summed E-state index contributed by atoms with van der Waals surface area (Å²) in [6, 6.07) is 6.05. The summed E-state index contributed by atoms with van der Waals surface area (Å²) >= 11 is 3.44. The molecule has 0 saturated heterocycles. The quantitative estimate of drug-likeness (QED) is 0.847. The topological polar surface area (TPSA) is 65.7 Å². The van der Waals surface area contributed by atoms with Crippen LogP contribution in [0.25, 0.3) is 0 Å². The maximum Gasteiger partial charge on any atom is 0.146 e. The first-order chi connectivity index (χ1) is 9.31. The van der Waals surface area contributed by atoms with Gasteiger partial charge in [-0.1, -0.05) is 6.07 Å². The van der Waals surface area contributed by atoms with Crippen molar-refractivity contribution in [3.8, 4) is 6.07 Å². The highest BCUT2D eigenvalue weighted by atomic mass is 79.9. The molecule has 6 heteroatoms. The Hall–Kier alpha value is -2.00. The fraction of sp³-hybridized carbons (Fsp3) is 0.231. The molecule has 0 N–H and O–H groups in total. The summed E-state index contributed by atoms with van der Waals surface area (Å²) in [5.74, 6) is 0.786. The van der Waals surface area contributed by atoms with Crippen molar-refractivity contribution in [2.45, 2.75) is 13.0 Å². The predicted octanol–water partition coefficient (Wildman–Crippen LogP) is 2.55. The van der Waals surface area contributed by atoms with Crippen molar-refractivity contribution in [1.29, 1.82) is 5.26 Å². The molecule has 19 heavy (non-hydrogen) atoms. The fourth-order valence-corrected chi connectivity index (χ4v) is 2.17. The lowest BCUT2D eigenvalue weighted by molar-refractivity contribution is 0.774. The molecular weight excluding hydrogens is 306 g/mol. The normalized spacial score (nSPS) is 9.89. The zero-order valence-corrected chi connectivity index (χ0v) is 11.8. The van der Waals surface area contributed by atoms with E-state index in [4.69, 9.17) is 5.26 Å². The molecule has 0 aliphatic heterocycles. The van der Waals surface area contributed by atoms with Gasteiger partial charge in [0.1, 0.15) is 12.1 Å².